The normalized spacial score (nSPS) is 11.7. The molecule has 0 fully saturated rings. The molecule has 0 spiro atoms. The molecule has 0 bridgehead atoms. The number of hydrogen-bond acceptors (Lipinski definition) is 6. The maximum absolute atomic E-state index is 12.7. The number of ether oxygens (including phenoxy) is 2. The maximum Gasteiger partial charge on any atom is 0.515 e. The van der Waals surface area contributed by atoms with Crippen LogP contribution in [0.3, 0.4) is 0 Å². The summed E-state index contributed by atoms with van der Waals surface area (Å²) in [5.74, 6) is -0.202. The second-order valence-corrected chi connectivity index (χ2v) is 11.6. The van der Waals surface area contributed by atoms with Gasteiger partial charge >= 0.3 is 26.3 Å². The zero-order valence-electron chi connectivity index (χ0n) is 17.4. The van der Waals surface area contributed by atoms with Gasteiger partial charge in [-0.15, -0.1) is 0 Å². The molecule has 0 aliphatic rings. The molecular formula is C19H10BrCl6F3N4O4. The first-order valence-corrected chi connectivity index (χ1v) is 12.2. The largest absolute Gasteiger partial charge is 0.515 e. The predicted molar refractivity (Wildman–Crippen MR) is 139 cm³/mol. The van der Waals surface area contributed by atoms with Gasteiger partial charge in [0.05, 0.1) is 11.2 Å². The summed E-state index contributed by atoms with van der Waals surface area (Å²) in [6.07, 6.45) is -4.47. The third-order valence-corrected chi connectivity index (χ3v) is 4.59. The van der Waals surface area contributed by atoms with Gasteiger partial charge in [-0.05, 0) is 106 Å². The number of carbonyl (C=O) groups is 2. The second-order valence-electron chi connectivity index (χ2n) is 6.35. The lowest BCUT2D eigenvalue weighted by atomic mass is 10.2. The van der Waals surface area contributed by atoms with Crippen molar-refractivity contribution in [3.63, 3.8) is 0 Å². The highest BCUT2D eigenvalue weighted by Crippen LogP contribution is 2.32. The number of anilines is 2. The SMILES string of the molecule is O=C(Nc1cccc(C(F)(F)F)n1)Nc1ccnc2ccc(Br)cc12.O=C(OC(Cl)(Cl)Cl)OC(Cl)(Cl)Cl. The first-order valence-electron chi connectivity index (χ1n) is 9.15. The number of rotatable bonds is 2. The van der Waals surface area contributed by atoms with Crippen LogP contribution in [0, 0.1) is 0 Å². The summed E-state index contributed by atoms with van der Waals surface area (Å²) in [5.41, 5.74) is 0.0533. The number of aromatic nitrogens is 2. The standard InChI is InChI=1S/C16H10BrF3N4O.C3Cl6O3/c17-9-4-5-11-10(8-9)12(6-7-21-11)22-15(25)24-14-3-1-2-13(23-14)16(18,19)20;4-2(5,6)11-1(10)12-3(7,8)9/h1-8H,(H2,21,22,23,24,25);. The molecule has 2 amide bonds. The van der Waals surface area contributed by atoms with Crippen LogP contribution in [0.2, 0.25) is 0 Å². The number of pyridine rings is 2. The van der Waals surface area contributed by atoms with Gasteiger partial charge in [-0.3, -0.25) is 10.3 Å². The Kier molecular flexibility index (Phi) is 11.0. The monoisotopic (exact) mass is 704 g/mol. The van der Waals surface area contributed by atoms with Crippen LogP contribution in [-0.2, 0) is 15.7 Å². The molecule has 0 saturated heterocycles. The third kappa shape index (κ3) is 11.7. The predicted octanol–water partition coefficient (Wildman–Crippen LogP) is 8.85. The molecule has 0 unspecified atom stereocenters. The first kappa shape index (κ1) is 31.5. The summed E-state index contributed by atoms with van der Waals surface area (Å²) in [4.78, 5) is 30.2. The van der Waals surface area contributed by atoms with Gasteiger partial charge in [-0.2, -0.15) is 13.2 Å². The van der Waals surface area contributed by atoms with E-state index < -0.39 is 32.0 Å². The fourth-order valence-electron chi connectivity index (χ4n) is 2.37. The Morgan fingerprint density at radius 1 is 0.892 bits per heavy atom. The smallest absolute Gasteiger partial charge is 0.382 e. The Hall–Kier alpha value is -1.67. The van der Waals surface area contributed by atoms with Gasteiger partial charge in [0, 0.05) is 16.1 Å². The van der Waals surface area contributed by atoms with Crippen molar-refractivity contribution in [3.05, 3.63) is 58.8 Å². The fraction of sp³-hybridized carbons (Fsp3) is 0.158. The quantitative estimate of drug-likeness (QED) is 0.204. The summed E-state index contributed by atoms with van der Waals surface area (Å²) < 4.78 is 42.3. The molecule has 2 heterocycles. The van der Waals surface area contributed by atoms with E-state index in [1.165, 1.54) is 18.3 Å². The minimum atomic E-state index is -4.58. The van der Waals surface area contributed by atoms with Gasteiger partial charge in [0.1, 0.15) is 11.5 Å². The second kappa shape index (κ2) is 12.9. The van der Waals surface area contributed by atoms with Crippen molar-refractivity contribution < 1.29 is 32.2 Å². The van der Waals surface area contributed by atoms with E-state index in [0.717, 1.165) is 10.5 Å². The van der Waals surface area contributed by atoms with Gasteiger partial charge in [0.2, 0.25) is 0 Å². The molecule has 3 aromatic rings. The van der Waals surface area contributed by atoms with Gasteiger partial charge in [0.15, 0.2) is 0 Å². The Labute approximate surface area is 244 Å². The van der Waals surface area contributed by atoms with Crippen LogP contribution in [0.4, 0.5) is 34.3 Å². The third-order valence-electron chi connectivity index (χ3n) is 3.63. The van der Waals surface area contributed by atoms with E-state index >= 15 is 0 Å². The van der Waals surface area contributed by atoms with Gasteiger partial charge in [-0.25, -0.2) is 14.6 Å². The molecule has 1 aromatic carbocycles. The van der Waals surface area contributed by atoms with Crippen molar-refractivity contribution in [1.29, 1.82) is 0 Å². The van der Waals surface area contributed by atoms with E-state index in [1.807, 2.05) is 6.07 Å². The lowest BCUT2D eigenvalue weighted by Gasteiger charge is -2.15. The average molecular weight is 708 g/mol. The number of nitrogens with one attached hydrogen (secondary N) is 2. The molecular weight excluding hydrogens is 698 g/mol. The van der Waals surface area contributed by atoms with Gasteiger partial charge in [0.25, 0.3) is 0 Å². The molecule has 0 aliphatic carbocycles. The van der Waals surface area contributed by atoms with Crippen LogP contribution in [0.5, 0.6) is 0 Å². The molecule has 3 rings (SSSR count). The summed E-state index contributed by atoms with van der Waals surface area (Å²) in [6.45, 7) is 0. The number of alkyl halides is 9. The van der Waals surface area contributed by atoms with E-state index in [2.05, 4.69) is 46.0 Å². The molecule has 0 atom stereocenters. The number of amides is 2. The highest BCUT2D eigenvalue weighted by Gasteiger charge is 2.33. The number of hydrogen-bond donors (Lipinski definition) is 2. The first-order chi connectivity index (χ1) is 16.9. The minimum Gasteiger partial charge on any atom is -0.382 e. The number of halogens is 10. The Balaban J connectivity index is 0.000000341. The topological polar surface area (TPSA) is 102 Å². The van der Waals surface area contributed by atoms with Crippen molar-refractivity contribution in [2.75, 3.05) is 10.6 Å². The van der Waals surface area contributed by atoms with Crippen molar-refractivity contribution in [3.8, 4) is 0 Å². The lowest BCUT2D eigenvalue weighted by molar-refractivity contribution is -0.141. The Morgan fingerprint density at radius 3 is 2.08 bits per heavy atom. The van der Waals surface area contributed by atoms with Crippen LogP contribution in [-0.4, -0.2) is 30.1 Å². The molecule has 0 saturated carbocycles. The van der Waals surface area contributed by atoms with Crippen LogP contribution in [0.1, 0.15) is 5.69 Å². The molecule has 37 heavy (non-hydrogen) atoms. The zero-order valence-corrected chi connectivity index (χ0v) is 23.5. The number of urea groups is 1. The van der Waals surface area contributed by atoms with E-state index in [0.29, 0.717) is 16.6 Å². The van der Waals surface area contributed by atoms with E-state index in [9.17, 15) is 22.8 Å². The molecule has 2 aromatic heterocycles. The number of nitrogens with zero attached hydrogens (tertiary/aromatic N) is 2. The zero-order chi connectivity index (χ0) is 28.0. The van der Waals surface area contributed by atoms with Crippen molar-refractivity contribution in [1.82, 2.24) is 9.97 Å². The Morgan fingerprint density at radius 2 is 1.51 bits per heavy atom. The lowest BCUT2D eigenvalue weighted by Crippen LogP contribution is -2.22. The van der Waals surface area contributed by atoms with Crippen LogP contribution >= 0.6 is 85.5 Å². The molecule has 200 valence electrons. The molecule has 8 nitrogen and oxygen atoms in total. The van der Waals surface area contributed by atoms with Crippen molar-refractivity contribution in [2.45, 2.75) is 14.1 Å². The van der Waals surface area contributed by atoms with Crippen molar-refractivity contribution in [2.24, 2.45) is 0 Å². The van der Waals surface area contributed by atoms with Gasteiger partial charge < -0.3 is 14.8 Å². The summed E-state index contributed by atoms with van der Waals surface area (Å²) in [6, 6.07) is 9.52. The molecule has 2 N–H and O–H groups in total. The van der Waals surface area contributed by atoms with Crippen molar-refractivity contribution >= 4 is 120 Å². The maximum atomic E-state index is 12.7. The molecule has 18 heteroatoms. The number of fused-ring (bicyclic) bond motifs is 1. The highest BCUT2D eigenvalue weighted by atomic mass is 79.9. The summed E-state index contributed by atoms with van der Waals surface area (Å²) in [5, 5.41) is 5.56. The average Bonchev–Trinajstić information content (AvgIpc) is 2.71. The van der Waals surface area contributed by atoms with Crippen LogP contribution in [0.15, 0.2) is 53.1 Å². The highest BCUT2D eigenvalue weighted by molar-refractivity contribution is 9.10. The molecule has 0 aliphatic heterocycles. The molecule has 0 radical (unpaired) electrons. The van der Waals surface area contributed by atoms with E-state index in [4.69, 9.17) is 69.6 Å². The minimum absolute atomic E-state index is 0.202. The summed E-state index contributed by atoms with van der Waals surface area (Å²) >= 11 is 33.6. The number of carbonyl (C=O) groups excluding carboxylic acids is 2. The fourth-order valence-corrected chi connectivity index (χ4v) is 3.11. The van der Waals surface area contributed by atoms with E-state index in [1.54, 1.807) is 18.2 Å². The Bertz CT molecular complexity index is 1260. The number of benzene rings is 1. The van der Waals surface area contributed by atoms with Crippen LogP contribution < -0.4 is 10.6 Å². The van der Waals surface area contributed by atoms with Gasteiger partial charge in [-0.1, -0.05) is 22.0 Å². The van der Waals surface area contributed by atoms with E-state index in [-0.39, 0.29) is 5.82 Å². The van der Waals surface area contributed by atoms with Crippen LogP contribution in [0.25, 0.3) is 10.9 Å². The summed E-state index contributed by atoms with van der Waals surface area (Å²) in [7, 11) is 0.